The molecule has 5 nitrogen and oxygen atoms in total. The van der Waals surface area contributed by atoms with E-state index in [-0.39, 0.29) is 0 Å². The predicted octanol–water partition coefficient (Wildman–Crippen LogP) is 2.32. The van der Waals surface area contributed by atoms with E-state index in [1.807, 2.05) is 4.90 Å². The summed E-state index contributed by atoms with van der Waals surface area (Å²) in [4.78, 5) is 14.3. The van der Waals surface area contributed by atoms with E-state index in [1.54, 1.807) is 0 Å². The van der Waals surface area contributed by atoms with Gasteiger partial charge in [0.2, 0.25) is 5.91 Å². The van der Waals surface area contributed by atoms with Gasteiger partial charge in [0.25, 0.3) is 0 Å². The molecule has 20 heavy (non-hydrogen) atoms. The third-order valence-electron chi connectivity index (χ3n) is 4.70. The number of H-pyrrole nitrogens is 1. The van der Waals surface area contributed by atoms with Crippen LogP contribution in [0.3, 0.4) is 0 Å². The Morgan fingerprint density at radius 1 is 1.45 bits per heavy atom. The van der Waals surface area contributed by atoms with E-state index < -0.39 is 0 Å². The molecular weight excluding hydrogens is 272 g/mol. The van der Waals surface area contributed by atoms with Crippen molar-refractivity contribution in [3.8, 4) is 0 Å². The van der Waals surface area contributed by atoms with Gasteiger partial charge in [-0.25, -0.2) is 0 Å². The van der Waals surface area contributed by atoms with Crippen LogP contribution < -0.4 is 0 Å². The van der Waals surface area contributed by atoms with Crippen LogP contribution in [0.5, 0.6) is 0 Å². The molecule has 2 heterocycles. The number of likely N-dealkylation sites (tertiary alicyclic amines) is 1. The van der Waals surface area contributed by atoms with E-state index in [4.69, 9.17) is 12.2 Å². The molecule has 0 aromatic carbocycles. The van der Waals surface area contributed by atoms with E-state index in [2.05, 4.69) is 28.6 Å². The van der Waals surface area contributed by atoms with Gasteiger partial charge in [0, 0.05) is 31.5 Å². The molecule has 2 aliphatic rings. The Kier molecular flexibility index (Phi) is 3.67. The van der Waals surface area contributed by atoms with Gasteiger partial charge in [-0.1, -0.05) is 6.92 Å². The maximum Gasteiger partial charge on any atom is 0.225 e. The fraction of sp³-hybridized carbons (Fsp3) is 0.786. The van der Waals surface area contributed by atoms with Crippen molar-refractivity contribution in [2.24, 2.45) is 11.8 Å². The zero-order chi connectivity index (χ0) is 14.3. The molecule has 2 atom stereocenters. The summed E-state index contributed by atoms with van der Waals surface area (Å²) in [6.45, 7) is 6.81. The highest BCUT2D eigenvalue weighted by Crippen LogP contribution is 2.40. The largest absolute Gasteiger partial charge is 0.342 e. The third kappa shape index (κ3) is 2.41. The zero-order valence-corrected chi connectivity index (χ0v) is 12.9. The van der Waals surface area contributed by atoms with Crippen LogP contribution in [-0.4, -0.2) is 38.7 Å². The van der Waals surface area contributed by atoms with Crippen LogP contribution in [0.1, 0.15) is 44.9 Å². The lowest BCUT2D eigenvalue weighted by atomic mass is 9.95. The molecule has 1 aliphatic carbocycles. The second-order valence-electron chi connectivity index (χ2n) is 6.05. The van der Waals surface area contributed by atoms with E-state index >= 15 is 0 Å². The maximum absolute atomic E-state index is 12.2. The average Bonchev–Trinajstić information content (AvgIpc) is 3.07. The van der Waals surface area contributed by atoms with Crippen LogP contribution in [0.15, 0.2) is 0 Å². The monoisotopic (exact) mass is 294 g/mol. The summed E-state index contributed by atoms with van der Waals surface area (Å²) in [7, 11) is 0. The minimum Gasteiger partial charge on any atom is -0.342 e. The Morgan fingerprint density at radius 2 is 2.10 bits per heavy atom. The number of piperidine rings is 1. The molecule has 0 radical (unpaired) electrons. The lowest BCUT2D eigenvalue weighted by Crippen LogP contribution is -2.39. The summed E-state index contributed by atoms with van der Waals surface area (Å²) in [5, 5.41) is 7.27. The second kappa shape index (κ2) is 5.31. The lowest BCUT2D eigenvalue weighted by Gasteiger charge is -2.31. The summed E-state index contributed by atoms with van der Waals surface area (Å²) in [6.07, 6.45) is 3.06. The maximum atomic E-state index is 12.2. The second-order valence-corrected chi connectivity index (χ2v) is 6.44. The molecule has 1 N–H and O–H groups in total. The minimum absolute atomic E-state index is 0.303. The van der Waals surface area contributed by atoms with Gasteiger partial charge < -0.3 is 9.47 Å². The minimum atomic E-state index is 0.303. The van der Waals surface area contributed by atoms with Gasteiger partial charge in [0.1, 0.15) is 5.82 Å². The van der Waals surface area contributed by atoms with Gasteiger partial charge >= 0.3 is 0 Å². The molecule has 1 saturated carbocycles. The Bertz CT molecular complexity index is 556. The normalized spacial score (nSPS) is 26.8. The first kappa shape index (κ1) is 13.8. The first-order valence-corrected chi connectivity index (χ1v) is 7.96. The summed E-state index contributed by atoms with van der Waals surface area (Å²) in [5.41, 5.74) is 0. The van der Waals surface area contributed by atoms with Gasteiger partial charge in [-0.3, -0.25) is 9.89 Å². The molecule has 0 unspecified atom stereocenters. The highest BCUT2D eigenvalue weighted by molar-refractivity contribution is 7.71. The number of aromatic amines is 1. The fourth-order valence-electron chi connectivity index (χ4n) is 3.21. The van der Waals surface area contributed by atoms with E-state index in [9.17, 15) is 4.79 Å². The van der Waals surface area contributed by atoms with Crippen LogP contribution in [0, 0.1) is 16.6 Å². The van der Waals surface area contributed by atoms with Crippen molar-refractivity contribution < 1.29 is 4.79 Å². The molecule has 6 heteroatoms. The number of nitrogens with zero attached hydrogens (tertiary/aromatic N) is 3. The summed E-state index contributed by atoms with van der Waals surface area (Å²) in [5.74, 6) is 2.74. The Labute approximate surface area is 124 Å². The van der Waals surface area contributed by atoms with Crippen molar-refractivity contribution in [2.75, 3.05) is 13.1 Å². The molecular formula is C14H22N4OS. The number of rotatable bonds is 3. The molecule has 2 fully saturated rings. The first-order valence-electron chi connectivity index (χ1n) is 7.55. The van der Waals surface area contributed by atoms with Gasteiger partial charge in [0.15, 0.2) is 4.77 Å². The quantitative estimate of drug-likeness (QED) is 0.871. The van der Waals surface area contributed by atoms with Gasteiger partial charge in [-0.2, -0.15) is 5.10 Å². The SMILES string of the molecule is CCn1c(C2CCN(C(=O)[C@@H]3C[C@@H]3C)CC2)n[nH]c1=S. The highest BCUT2D eigenvalue weighted by Gasteiger charge is 2.42. The van der Waals surface area contributed by atoms with Crippen molar-refractivity contribution in [2.45, 2.75) is 45.6 Å². The molecule has 1 saturated heterocycles. The Balaban J connectivity index is 1.63. The number of amides is 1. The number of carbonyl (C=O) groups is 1. The van der Waals surface area contributed by atoms with Gasteiger partial charge in [-0.05, 0) is 44.3 Å². The smallest absolute Gasteiger partial charge is 0.225 e. The van der Waals surface area contributed by atoms with Crippen LogP contribution in [0.25, 0.3) is 0 Å². The molecule has 110 valence electrons. The number of aromatic nitrogens is 3. The van der Waals surface area contributed by atoms with Crippen LogP contribution in [-0.2, 0) is 11.3 Å². The number of hydrogen-bond acceptors (Lipinski definition) is 3. The Morgan fingerprint density at radius 3 is 2.65 bits per heavy atom. The molecule has 0 bridgehead atoms. The summed E-state index contributed by atoms with van der Waals surface area (Å²) < 4.78 is 2.77. The first-order chi connectivity index (χ1) is 9.61. The number of carbonyl (C=O) groups excluding carboxylic acids is 1. The van der Waals surface area contributed by atoms with E-state index in [1.165, 1.54) is 0 Å². The molecule has 1 aromatic rings. The van der Waals surface area contributed by atoms with Gasteiger partial charge in [0.05, 0.1) is 0 Å². The summed E-state index contributed by atoms with van der Waals surface area (Å²) in [6, 6.07) is 0. The van der Waals surface area contributed by atoms with Crippen molar-refractivity contribution in [3.05, 3.63) is 10.6 Å². The molecule has 3 rings (SSSR count). The Hall–Kier alpha value is -1.17. The molecule has 1 amide bonds. The van der Waals surface area contributed by atoms with Crippen molar-refractivity contribution >= 4 is 18.1 Å². The predicted molar refractivity (Wildman–Crippen MR) is 78.9 cm³/mol. The standard InChI is InChI=1S/C14H22N4OS/c1-3-18-12(15-16-14(18)20)10-4-6-17(7-5-10)13(19)11-8-9(11)2/h9-11H,3-8H2,1-2H3,(H,16,20)/t9-,11+/m0/s1. The lowest BCUT2D eigenvalue weighted by molar-refractivity contribution is -0.133. The van der Waals surface area contributed by atoms with Gasteiger partial charge in [-0.15, -0.1) is 0 Å². The average molecular weight is 294 g/mol. The molecule has 1 aliphatic heterocycles. The van der Waals surface area contributed by atoms with E-state index in [0.717, 1.165) is 44.7 Å². The number of nitrogens with one attached hydrogen (secondary N) is 1. The molecule has 1 aromatic heterocycles. The van der Waals surface area contributed by atoms with Crippen molar-refractivity contribution in [3.63, 3.8) is 0 Å². The van der Waals surface area contributed by atoms with Crippen molar-refractivity contribution in [1.82, 2.24) is 19.7 Å². The highest BCUT2D eigenvalue weighted by atomic mass is 32.1. The van der Waals surface area contributed by atoms with Crippen LogP contribution >= 0.6 is 12.2 Å². The van der Waals surface area contributed by atoms with Crippen LogP contribution in [0.2, 0.25) is 0 Å². The third-order valence-corrected chi connectivity index (χ3v) is 5.01. The fourth-order valence-corrected chi connectivity index (χ4v) is 3.47. The zero-order valence-electron chi connectivity index (χ0n) is 12.1. The van der Waals surface area contributed by atoms with Crippen LogP contribution in [0.4, 0.5) is 0 Å². The number of hydrogen-bond donors (Lipinski definition) is 1. The topological polar surface area (TPSA) is 53.9 Å². The summed E-state index contributed by atoms with van der Waals surface area (Å²) >= 11 is 5.24. The molecule has 0 spiro atoms. The van der Waals surface area contributed by atoms with E-state index in [0.29, 0.717) is 28.4 Å². The van der Waals surface area contributed by atoms with Crippen molar-refractivity contribution in [1.29, 1.82) is 0 Å².